The van der Waals surface area contributed by atoms with E-state index in [0.29, 0.717) is 0 Å². The zero-order valence-corrected chi connectivity index (χ0v) is 13.2. The summed E-state index contributed by atoms with van der Waals surface area (Å²) in [5.41, 5.74) is 23.0. The average molecular weight is 338 g/mol. The normalized spacial score (nSPS) is 37.2. The number of nitrogens with two attached hydrogens (primary N) is 4. The first-order valence-corrected chi connectivity index (χ1v) is 7.65. The Labute approximate surface area is 135 Å². The Morgan fingerprint density at radius 1 is 1.17 bits per heavy atom. The van der Waals surface area contributed by atoms with Crippen LogP contribution in [-0.2, 0) is 9.47 Å². The van der Waals surface area contributed by atoms with Crippen LogP contribution >= 0.6 is 0 Å². The third-order valence-corrected chi connectivity index (χ3v) is 4.11. The zero-order valence-electron chi connectivity index (χ0n) is 13.2. The first kappa shape index (κ1) is 20.6. The highest BCUT2D eigenvalue weighted by molar-refractivity contribution is 4.93. The molecule has 138 valence electrons. The average Bonchev–Trinajstić information content (AvgIpc) is 2.51. The van der Waals surface area contributed by atoms with Crippen LogP contribution in [-0.4, -0.2) is 88.5 Å². The van der Waals surface area contributed by atoms with Gasteiger partial charge in [-0.05, 0) is 13.3 Å². The molecule has 9 atom stereocenters. The fraction of sp³-hybridized carbons (Fsp3) is 1.00. The summed E-state index contributed by atoms with van der Waals surface area (Å²) in [6, 6.07) is -2.28. The predicted octanol–water partition coefficient (Wildman–Crippen LogP) is -4.48. The van der Waals surface area contributed by atoms with Crippen molar-refractivity contribution in [2.45, 2.75) is 68.3 Å². The maximum absolute atomic E-state index is 9.92. The number of hydrogen-bond acceptors (Lipinski definition) is 10. The van der Waals surface area contributed by atoms with Gasteiger partial charge in [0, 0.05) is 18.6 Å². The van der Waals surface area contributed by atoms with Gasteiger partial charge in [-0.15, -0.1) is 0 Å². The van der Waals surface area contributed by atoms with Crippen LogP contribution in [0.25, 0.3) is 0 Å². The standard InChI is InChI=1S/C13H30N4O6/c1-5(19)6(15)2-7(16)9(4-18)23-13-10(17)12(21)11(20)8(3-14)22-13/h5-13,18-21H,2-4,14-17H2,1H3/t5?,6-,7?,8?,9+,10?,11-,12-,13-/m1/s1. The van der Waals surface area contributed by atoms with E-state index in [1.807, 2.05) is 0 Å². The molecule has 12 N–H and O–H groups in total. The van der Waals surface area contributed by atoms with Gasteiger partial charge < -0.3 is 52.8 Å². The van der Waals surface area contributed by atoms with Gasteiger partial charge in [0.1, 0.15) is 18.3 Å². The first-order valence-electron chi connectivity index (χ1n) is 7.65. The second-order valence-corrected chi connectivity index (χ2v) is 6.00. The molecule has 1 heterocycles. The lowest BCUT2D eigenvalue weighted by atomic mass is 9.97. The van der Waals surface area contributed by atoms with Crippen molar-refractivity contribution in [2.24, 2.45) is 22.9 Å². The monoisotopic (exact) mass is 338 g/mol. The summed E-state index contributed by atoms with van der Waals surface area (Å²) in [6.07, 6.45) is -5.85. The fourth-order valence-electron chi connectivity index (χ4n) is 2.38. The summed E-state index contributed by atoms with van der Waals surface area (Å²) in [6.45, 7) is 1.08. The topological polar surface area (TPSA) is 203 Å². The molecule has 0 saturated carbocycles. The second-order valence-electron chi connectivity index (χ2n) is 6.00. The Hall–Kier alpha value is -0.400. The Morgan fingerprint density at radius 2 is 1.78 bits per heavy atom. The minimum Gasteiger partial charge on any atom is -0.394 e. The molecule has 1 rings (SSSR count). The Balaban J connectivity index is 2.69. The zero-order chi connectivity index (χ0) is 17.7. The molecule has 0 bridgehead atoms. The molecule has 0 radical (unpaired) electrons. The maximum atomic E-state index is 9.92. The Bertz CT molecular complexity index is 348. The summed E-state index contributed by atoms with van der Waals surface area (Å²) in [5, 5.41) is 38.6. The van der Waals surface area contributed by atoms with Crippen molar-refractivity contribution in [3.8, 4) is 0 Å². The van der Waals surface area contributed by atoms with Crippen molar-refractivity contribution >= 4 is 0 Å². The summed E-state index contributed by atoms with van der Waals surface area (Å²) < 4.78 is 11.0. The van der Waals surface area contributed by atoms with Crippen LogP contribution in [0.2, 0.25) is 0 Å². The lowest BCUT2D eigenvalue weighted by Gasteiger charge is -2.42. The van der Waals surface area contributed by atoms with Gasteiger partial charge in [0.25, 0.3) is 0 Å². The molecule has 10 nitrogen and oxygen atoms in total. The van der Waals surface area contributed by atoms with E-state index in [0.717, 1.165) is 0 Å². The fourth-order valence-corrected chi connectivity index (χ4v) is 2.38. The summed E-state index contributed by atoms with van der Waals surface area (Å²) >= 11 is 0. The molecule has 0 aromatic carbocycles. The van der Waals surface area contributed by atoms with E-state index in [1.54, 1.807) is 0 Å². The van der Waals surface area contributed by atoms with Crippen molar-refractivity contribution in [3.63, 3.8) is 0 Å². The van der Waals surface area contributed by atoms with Gasteiger partial charge in [0.05, 0.1) is 24.9 Å². The molecule has 0 spiro atoms. The minimum atomic E-state index is -1.28. The van der Waals surface area contributed by atoms with Crippen molar-refractivity contribution in [1.82, 2.24) is 0 Å². The van der Waals surface area contributed by atoms with Crippen molar-refractivity contribution < 1.29 is 29.9 Å². The van der Waals surface area contributed by atoms with E-state index >= 15 is 0 Å². The maximum Gasteiger partial charge on any atom is 0.176 e. The number of rotatable bonds is 8. The van der Waals surface area contributed by atoms with Crippen LogP contribution in [0.3, 0.4) is 0 Å². The second kappa shape index (κ2) is 9.18. The highest BCUT2D eigenvalue weighted by atomic mass is 16.7. The highest BCUT2D eigenvalue weighted by Crippen LogP contribution is 2.22. The summed E-state index contributed by atoms with van der Waals surface area (Å²) in [5.74, 6) is 0. The number of ether oxygens (including phenoxy) is 2. The van der Waals surface area contributed by atoms with E-state index < -0.39 is 61.5 Å². The molecule has 0 aromatic heterocycles. The summed E-state index contributed by atoms with van der Waals surface area (Å²) in [4.78, 5) is 0. The highest BCUT2D eigenvalue weighted by Gasteiger charge is 2.44. The molecule has 23 heavy (non-hydrogen) atoms. The molecule has 1 fully saturated rings. The van der Waals surface area contributed by atoms with E-state index in [2.05, 4.69) is 0 Å². The van der Waals surface area contributed by atoms with Gasteiger partial charge in [-0.1, -0.05) is 0 Å². The molecule has 1 saturated heterocycles. The Morgan fingerprint density at radius 3 is 2.26 bits per heavy atom. The third kappa shape index (κ3) is 5.29. The smallest absolute Gasteiger partial charge is 0.176 e. The van der Waals surface area contributed by atoms with Crippen LogP contribution < -0.4 is 22.9 Å². The van der Waals surface area contributed by atoms with Crippen molar-refractivity contribution in [1.29, 1.82) is 0 Å². The molecule has 10 heteroatoms. The summed E-state index contributed by atoms with van der Waals surface area (Å²) in [7, 11) is 0. The van der Waals surface area contributed by atoms with Crippen LogP contribution in [0, 0.1) is 0 Å². The molecule has 0 aliphatic carbocycles. The van der Waals surface area contributed by atoms with Gasteiger partial charge in [-0.25, -0.2) is 0 Å². The van der Waals surface area contributed by atoms with E-state index in [1.165, 1.54) is 6.92 Å². The molecule has 0 amide bonds. The molecule has 0 aromatic rings. The predicted molar refractivity (Wildman–Crippen MR) is 81.9 cm³/mol. The molecular weight excluding hydrogens is 308 g/mol. The molecular formula is C13H30N4O6. The van der Waals surface area contributed by atoms with Crippen LogP contribution in [0.1, 0.15) is 13.3 Å². The third-order valence-electron chi connectivity index (χ3n) is 4.11. The quantitative estimate of drug-likeness (QED) is 0.213. The van der Waals surface area contributed by atoms with Gasteiger partial charge in [0.2, 0.25) is 0 Å². The Kier molecular flexibility index (Phi) is 8.24. The van der Waals surface area contributed by atoms with Gasteiger partial charge in [-0.2, -0.15) is 0 Å². The van der Waals surface area contributed by atoms with Crippen molar-refractivity contribution in [3.05, 3.63) is 0 Å². The van der Waals surface area contributed by atoms with Crippen LogP contribution in [0.15, 0.2) is 0 Å². The first-order chi connectivity index (χ1) is 10.7. The van der Waals surface area contributed by atoms with Crippen LogP contribution in [0.5, 0.6) is 0 Å². The van der Waals surface area contributed by atoms with Crippen molar-refractivity contribution in [2.75, 3.05) is 13.2 Å². The SMILES string of the molecule is CC(O)[C@H](N)CC(N)[C@H](CO)O[C@H]1OC(CN)[C@@H](O)[C@H](O)C1N. The lowest BCUT2D eigenvalue weighted by Crippen LogP contribution is -2.64. The molecule has 1 aliphatic rings. The largest absolute Gasteiger partial charge is 0.394 e. The van der Waals surface area contributed by atoms with Crippen LogP contribution in [0.4, 0.5) is 0 Å². The number of hydrogen-bond donors (Lipinski definition) is 8. The van der Waals surface area contributed by atoms with E-state index in [4.69, 9.17) is 32.4 Å². The van der Waals surface area contributed by atoms with Gasteiger partial charge >= 0.3 is 0 Å². The number of aliphatic hydroxyl groups excluding tert-OH is 4. The lowest BCUT2D eigenvalue weighted by molar-refractivity contribution is -0.274. The molecule has 4 unspecified atom stereocenters. The minimum absolute atomic E-state index is 0.0342. The van der Waals surface area contributed by atoms with Gasteiger partial charge in [0.15, 0.2) is 6.29 Å². The van der Waals surface area contributed by atoms with E-state index in [-0.39, 0.29) is 13.0 Å². The molecule has 1 aliphatic heterocycles. The number of aliphatic hydroxyl groups is 4. The van der Waals surface area contributed by atoms with Gasteiger partial charge in [-0.3, -0.25) is 0 Å². The van der Waals surface area contributed by atoms with E-state index in [9.17, 15) is 20.4 Å².